The molecule has 1 atom stereocenters. The van der Waals surface area contributed by atoms with Gasteiger partial charge in [0.15, 0.2) is 17.5 Å². The molecule has 0 aromatic heterocycles. The van der Waals surface area contributed by atoms with Crippen LogP contribution in [0.2, 0.25) is 0 Å². The molecule has 0 aliphatic rings. The van der Waals surface area contributed by atoms with Crippen LogP contribution in [-0.2, 0) is 9.59 Å². The number of nitro benzene ring substituents is 1. The number of ketones is 2. The Bertz CT molecular complexity index is 713. The number of nitro groups is 1. The minimum Gasteiger partial charge on any atom is -0.328 e. The predicted octanol–water partition coefficient (Wildman–Crippen LogP) is 2.10. The van der Waals surface area contributed by atoms with Crippen molar-refractivity contribution in [2.45, 2.75) is 20.8 Å². The average Bonchev–Trinajstić information content (AvgIpc) is 2.47. The minimum atomic E-state index is -1.63. The number of amides is 1. The molecule has 0 heterocycles. The third-order valence-corrected chi connectivity index (χ3v) is 3.08. The lowest BCUT2D eigenvalue weighted by Crippen LogP contribution is -2.33. The van der Waals surface area contributed by atoms with Crippen molar-refractivity contribution < 1.29 is 19.3 Å². The van der Waals surface area contributed by atoms with Gasteiger partial charge in [-0.3, -0.25) is 24.5 Å². The summed E-state index contributed by atoms with van der Waals surface area (Å²) >= 11 is 0. The fourth-order valence-electron chi connectivity index (χ4n) is 1.87. The minimum absolute atomic E-state index is 0.124. The molecule has 1 N–H and O–H groups in total. The van der Waals surface area contributed by atoms with Crippen molar-refractivity contribution in [3.05, 3.63) is 33.9 Å². The van der Waals surface area contributed by atoms with Gasteiger partial charge in [-0.1, -0.05) is 20.8 Å². The van der Waals surface area contributed by atoms with Crippen LogP contribution in [-0.4, -0.2) is 22.9 Å². The van der Waals surface area contributed by atoms with Crippen molar-refractivity contribution in [1.29, 1.82) is 5.26 Å². The summed E-state index contributed by atoms with van der Waals surface area (Å²) in [6.45, 7) is 4.66. The van der Waals surface area contributed by atoms with Gasteiger partial charge in [-0.25, -0.2) is 0 Å². The Labute approximate surface area is 132 Å². The molecule has 0 bridgehead atoms. The zero-order chi connectivity index (χ0) is 17.8. The van der Waals surface area contributed by atoms with E-state index in [-0.39, 0.29) is 11.3 Å². The molecule has 1 rings (SSSR count). The molecule has 8 heteroatoms. The largest absolute Gasteiger partial charge is 0.328 e. The van der Waals surface area contributed by atoms with Crippen LogP contribution < -0.4 is 5.32 Å². The zero-order valence-corrected chi connectivity index (χ0v) is 12.8. The second kappa shape index (κ2) is 6.79. The van der Waals surface area contributed by atoms with Gasteiger partial charge < -0.3 is 5.32 Å². The smallest absolute Gasteiger partial charge is 0.282 e. The number of hydrogen-bond donors (Lipinski definition) is 1. The van der Waals surface area contributed by atoms with Crippen LogP contribution in [0.4, 0.5) is 11.4 Å². The van der Waals surface area contributed by atoms with Crippen LogP contribution in [0.25, 0.3) is 0 Å². The highest BCUT2D eigenvalue weighted by molar-refractivity contribution is 6.15. The first kappa shape index (κ1) is 18.0. The molecule has 0 radical (unpaired) electrons. The van der Waals surface area contributed by atoms with E-state index in [9.17, 15) is 24.5 Å². The maximum Gasteiger partial charge on any atom is 0.282 e. The predicted molar refractivity (Wildman–Crippen MR) is 80.7 cm³/mol. The van der Waals surface area contributed by atoms with Crippen molar-refractivity contribution in [2.24, 2.45) is 11.3 Å². The number of nitrogens with zero attached hydrogens (tertiary/aromatic N) is 2. The fourth-order valence-corrected chi connectivity index (χ4v) is 1.87. The highest BCUT2D eigenvalue weighted by Gasteiger charge is 2.37. The molecule has 8 nitrogen and oxygen atoms in total. The summed E-state index contributed by atoms with van der Waals surface area (Å²) in [5.41, 5.74) is -1.75. The van der Waals surface area contributed by atoms with Crippen molar-refractivity contribution in [3.63, 3.8) is 0 Å². The molecule has 1 unspecified atom stereocenters. The number of rotatable bonds is 6. The third-order valence-electron chi connectivity index (χ3n) is 3.08. The van der Waals surface area contributed by atoms with Gasteiger partial charge in [0, 0.05) is 17.2 Å². The lowest BCUT2D eigenvalue weighted by Gasteiger charge is -2.19. The number of nitrogens with one attached hydrogen (secondary N) is 1. The quantitative estimate of drug-likeness (QED) is 0.281. The SMILES string of the molecule is CC(C)(C)C(=O)C(C#N)C(=O)c1ccc(NC=O)cc1[N+](=O)[O-]. The van der Waals surface area contributed by atoms with E-state index in [1.54, 1.807) is 26.8 Å². The second-order valence-electron chi connectivity index (χ2n) is 5.79. The topological polar surface area (TPSA) is 130 Å². The van der Waals surface area contributed by atoms with Crippen molar-refractivity contribution in [2.75, 3.05) is 5.32 Å². The molecule has 0 saturated carbocycles. The number of carbonyl (C=O) groups excluding carboxylic acids is 3. The maximum atomic E-state index is 12.4. The van der Waals surface area contributed by atoms with E-state index >= 15 is 0 Å². The van der Waals surface area contributed by atoms with E-state index in [0.717, 1.165) is 12.1 Å². The molecule has 0 spiro atoms. The van der Waals surface area contributed by atoms with Crippen molar-refractivity contribution in [1.82, 2.24) is 0 Å². The van der Waals surface area contributed by atoms with E-state index in [2.05, 4.69) is 5.32 Å². The standard InChI is InChI=1S/C15H15N3O5/c1-15(2,3)14(21)11(7-16)13(20)10-5-4-9(17-8-19)6-12(10)18(22)23/h4-6,8,11H,1-3H3,(H,17,19). The molecular formula is C15H15N3O5. The van der Waals surface area contributed by atoms with E-state index in [1.165, 1.54) is 6.07 Å². The Morgan fingerprint density at radius 3 is 2.43 bits per heavy atom. The van der Waals surface area contributed by atoms with Crippen LogP contribution in [0.15, 0.2) is 18.2 Å². The number of benzene rings is 1. The van der Waals surface area contributed by atoms with Gasteiger partial charge in [0.25, 0.3) is 5.69 Å². The fraction of sp³-hybridized carbons (Fsp3) is 0.333. The third kappa shape index (κ3) is 3.97. The number of nitriles is 1. The molecule has 120 valence electrons. The molecule has 23 heavy (non-hydrogen) atoms. The Hall–Kier alpha value is -3.08. The molecule has 1 aromatic carbocycles. The van der Waals surface area contributed by atoms with Crippen LogP contribution in [0.1, 0.15) is 31.1 Å². The highest BCUT2D eigenvalue weighted by atomic mass is 16.6. The summed E-state index contributed by atoms with van der Waals surface area (Å²) in [5.74, 6) is -3.18. The van der Waals surface area contributed by atoms with Gasteiger partial charge in [-0.15, -0.1) is 0 Å². The Balaban J connectivity index is 3.36. The maximum absolute atomic E-state index is 12.4. The van der Waals surface area contributed by atoms with Crippen molar-refractivity contribution >= 4 is 29.4 Å². The van der Waals surface area contributed by atoms with Crippen LogP contribution in [0.5, 0.6) is 0 Å². The zero-order valence-electron chi connectivity index (χ0n) is 12.8. The van der Waals surface area contributed by atoms with Crippen LogP contribution in [0.3, 0.4) is 0 Å². The molecule has 1 amide bonds. The number of Topliss-reactive ketones (excluding diaryl/α,β-unsaturated/α-hetero) is 2. The van der Waals surface area contributed by atoms with Gasteiger partial charge in [0.2, 0.25) is 6.41 Å². The van der Waals surface area contributed by atoms with Gasteiger partial charge in [-0.2, -0.15) is 5.26 Å². The Kier molecular flexibility index (Phi) is 5.30. The molecule has 0 aliphatic heterocycles. The Morgan fingerprint density at radius 1 is 1.39 bits per heavy atom. The second-order valence-corrected chi connectivity index (χ2v) is 5.79. The van der Waals surface area contributed by atoms with Gasteiger partial charge >= 0.3 is 0 Å². The van der Waals surface area contributed by atoms with Gasteiger partial charge in [0.1, 0.15) is 0 Å². The summed E-state index contributed by atoms with van der Waals surface area (Å²) in [4.78, 5) is 45.3. The average molecular weight is 317 g/mol. The Morgan fingerprint density at radius 2 is 2.00 bits per heavy atom. The van der Waals surface area contributed by atoms with E-state index in [4.69, 9.17) is 5.26 Å². The first-order valence-corrected chi connectivity index (χ1v) is 6.60. The number of carbonyl (C=O) groups is 3. The summed E-state index contributed by atoms with van der Waals surface area (Å²) in [6.07, 6.45) is 0.335. The van der Waals surface area contributed by atoms with Crippen molar-refractivity contribution in [3.8, 4) is 6.07 Å². The summed E-state index contributed by atoms with van der Waals surface area (Å²) in [7, 11) is 0. The lowest BCUT2D eigenvalue weighted by atomic mass is 9.80. The molecule has 0 saturated heterocycles. The number of anilines is 1. The van der Waals surface area contributed by atoms with Gasteiger partial charge in [0.05, 0.1) is 16.6 Å². The highest BCUT2D eigenvalue weighted by Crippen LogP contribution is 2.28. The molecule has 0 aliphatic carbocycles. The van der Waals surface area contributed by atoms with Crippen LogP contribution >= 0.6 is 0 Å². The van der Waals surface area contributed by atoms with E-state index in [0.29, 0.717) is 6.41 Å². The lowest BCUT2D eigenvalue weighted by molar-refractivity contribution is -0.385. The molecule has 0 fully saturated rings. The van der Waals surface area contributed by atoms with E-state index in [1.807, 2.05) is 0 Å². The summed E-state index contributed by atoms with van der Waals surface area (Å²) in [5, 5.41) is 22.5. The first-order valence-electron chi connectivity index (χ1n) is 6.60. The summed E-state index contributed by atoms with van der Waals surface area (Å²) in [6, 6.07) is 5.02. The first-order chi connectivity index (χ1) is 10.6. The monoisotopic (exact) mass is 317 g/mol. The normalized spacial score (nSPS) is 11.9. The summed E-state index contributed by atoms with van der Waals surface area (Å²) < 4.78 is 0. The molecule has 1 aromatic rings. The van der Waals surface area contributed by atoms with Crippen LogP contribution in [0, 0.1) is 32.8 Å². The molecular weight excluding hydrogens is 302 g/mol. The number of hydrogen-bond acceptors (Lipinski definition) is 6. The van der Waals surface area contributed by atoms with Gasteiger partial charge in [-0.05, 0) is 12.1 Å². The van der Waals surface area contributed by atoms with E-state index < -0.39 is 33.5 Å².